The van der Waals surface area contributed by atoms with Gasteiger partial charge in [0.2, 0.25) is 11.9 Å². The van der Waals surface area contributed by atoms with Gasteiger partial charge in [-0.3, -0.25) is 9.89 Å². The molecule has 3 N–H and O–H groups in total. The number of H-pyrrole nitrogens is 1. The molecule has 0 bridgehead atoms. The molecule has 120 valence electrons. The quantitative estimate of drug-likeness (QED) is 0.502. The highest BCUT2D eigenvalue weighted by Gasteiger charge is 2.10. The zero-order valence-electron chi connectivity index (χ0n) is 12.7. The van der Waals surface area contributed by atoms with Gasteiger partial charge in [-0.05, 0) is 42.5 Å². The number of nitrogens with one attached hydrogen (secondary N) is 3. The van der Waals surface area contributed by atoms with Crippen LogP contribution in [-0.4, -0.2) is 25.5 Å². The van der Waals surface area contributed by atoms with E-state index in [4.69, 9.17) is 0 Å². The van der Waals surface area contributed by atoms with Gasteiger partial charge in [0.1, 0.15) is 0 Å². The number of carbonyl (C=O) groups excluding carboxylic acids is 1. The van der Waals surface area contributed by atoms with E-state index in [1.165, 1.54) is 6.92 Å². The maximum atomic E-state index is 11.0. The highest BCUT2D eigenvalue weighted by molar-refractivity contribution is 9.10. The van der Waals surface area contributed by atoms with Crippen molar-refractivity contribution in [3.05, 3.63) is 46.9 Å². The Labute approximate surface area is 145 Å². The molecule has 0 aliphatic rings. The van der Waals surface area contributed by atoms with Crippen LogP contribution in [0.4, 0.5) is 17.3 Å². The molecule has 0 saturated heterocycles. The van der Waals surface area contributed by atoms with E-state index in [9.17, 15) is 4.79 Å². The number of aromatic nitrogens is 4. The van der Waals surface area contributed by atoms with Crippen LogP contribution in [0.3, 0.4) is 0 Å². The fraction of sp³-hybridized carbons (Fsp3) is 0.0625. The maximum absolute atomic E-state index is 11.0. The van der Waals surface area contributed by atoms with E-state index in [0.717, 1.165) is 26.9 Å². The molecule has 24 heavy (non-hydrogen) atoms. The van der Waals surface area contributed by atoms with Crippen molar-refractivity contribution in [3.63, 3.8) is 0 Å². The molecule has 0 unspecified atom stereocenters. The molecular formula is C16H13BrN6O. The molecule has 0 aliphatic heterocycles. The van der Waals surface area contributed by atoms with Crippen LogP contribution >= 0.6 is 15.9 Å². The average Bonchev–Trinajstić information content (AvgIpc) is 3.05. The topological polar surface area (TPSA) is 87.1 Å². The Bertz CT molecular complexity index is 1050. The van der Waals surface area contributed by atoms with E-state index < -0.39 is 0 Å². The molecule has 0 atom stereocenters. The SMILES string of the molecule is CC(=O)Nc1ccc(Nc2nc3nc4cc(Br)ccc4n3[nH]2)cc1. The molecule has 2 aromatic heterocycles. The van der Waals surface area contributed by atoms with Gasteiger partial charge < -0.3 is 10.6 Å². The summed E-state index contributed by atoms with van der Waals surface area (Å²) in [6, 6.07) is 13.3. The zero-order valence-corrected chi connectivity index (χ0v) is 14.3. The zero-order chi connectivity index (χ0) is 16.7. The first-order valence-electron chi connectivity index (χ1n) is 7.27. The van der Waals surface area contributed by atoms with Gasteiger partial charge in [-0.1, -0.05) is 15.9 Å². The monoisotopic (exact) mass is 384 g/mol. The Morgan fingerprint density at radius 3 is 2.62 bits per heavy atom. The van der Waals surface area contributed by atoms with E-state index in [0.29, 0.717) is 11.7 Å². The second kappa shape index (κ2) is 5.64. The van der Waals surface area contributed by atoms with E-state index in [1.54, 1.807) is 0 Å². The summed E-state index contributed by atoms with van der Waals surface area (Å²) in [5.74, 6) is 1.09. The molecule has 1 amide bonds. The second-order valence-corrected chi connectivity index (χ2v) is 6.25. The lowest BCUT2D eigenvalue weighted by atomic mass is 10.3. The van der Waals surface area contributed by atoms with Gasteiger partial charge in [-0.15, -0.1) is 0 Å². The molecule has 2 heterocycles. The van der Waals surface area contributed by atoms with Crippen LogP contribution in [0.25, 0.3) is 16.8 Å². The number of nitrogens with zero attached hydrogens (tertiary/aromatic N) is 3. The minimum atomic E-state index is -0.0958. The van der Waals surface area contributed by atoms with Crippen LogP contribution in [0, 0.1) is 0 Å². The molecular weight excluding hydrogens is 372 g/mol. The lowest BCUT2D eigenvalue weighted by Crippen LogP contribution is -2.05. The normalized spacial score (nSPS) is 11.1. The number of anilines is 3. The lowest BCUT2D eigenvalue weighted by molar-refractivity contribution is -0.114. The van der Waals surface area contributed by atoms with Crippen LogP contribution in [0.5, 0.6) is 0 Å². The Hall–Kier alpha value is -2.87. The highest BCUT2D eigenvalue weighted by Crippen LogP contribution is 2.22. The number of hydrogen-bond acceptors (Lipinski definition) is 4. The van der Waals surface area contributed by atoms with Crippen LogP contribution in [-0.2, 0) is 4.79 Å². The molecule has 0 aliphatic carbocycles. The summed E-state index contributed by atoms with van der Waals surface area (Å²) in [7, 11) is 0. The highest BCUT2D eigenvalue weighted by atomic mass is 79.9. The van der Waals surface area contributed by atoms with Gasteiger partial charge in [0, 0.05) is 22.8 Å². The maximum Gasteiger partial charge on any atom is 0.253 e. The van der Waals surface area contributed by atoms with Crippen molar-refractivity contribution in [1.29, 1.82) is 0 Å². The summed E-state index contributed by atoms with van der Waals surface area (Å²) in [6.45, 7) is 1.48. The molecule has 0 saturated carbocycles. The summed E-state index contributed by atoms with van der Waals surface area (Å²) in [4.78, 5) is 20.0. The van der Waals surface area contributed by atoms with Crippen molar-refractivity contribution in [2.75, 3.05) is 10.6 Å². The summed E-state index contributed by atoms with van der Waals surface area (Å²) < 4.78 is 2.81. The molecule has 0 spiro atoms. The van der Waals surface area contributed by atoms with Gasteiger partial charge in [-0.25, -0.2) is 9.50 Å². The van der Waals surface area contributed by atoms with Gasteiger partial charge in [0.15, 0.2) is 0 Å². The van der Waals surface area contributed by atoms with Gasteiger partial charge >= 0.3 is 0 Å². The first-order valence-corrected chi connectivity index (χ1v) is 8.06. The predicted molar refractivity (Wildman–Crippen MR) is 96.6 cm³/mol. The number of fused-ring (bicyclic) bond motifs is 3. The summed E-state index contributed by atoms with van der Waals surface area (Å²) in [5, 5.41) is 9.10. The second-order valence-electron chi connectivity index (χ2n) is 5.34. The number of halogens is 1. The molecule has 4 rings (SSSR count). The van der Waals surface area contributed by atoms with E-state index in [-0.39, 0.29) is 5.91 Å². The molecule has 7 nitrogen and oxygen atoms in total. The molecule has 2 aromatic carbocycles. The third kappa shape index (κ3) is 2.71. The Balaban J connectivity index is 1.61. The molecule has 0 fully saturated rings. The number of rotatable bonds is 3. The first-order chi connectivity index (χ1) is 11.6. The van der Waals surface area contributed by atoms with Gasteiger partial charge in [0.25, 0.3) is 5.78 Å². The van der Waals surface area contributed by atoms with E-state index in [2.05, 4.69) is 41.6 Å². The summed E-state index contributed by atoms with van der Waals surface area (Å²) in [5.41, 5.74) is 3.43. The van der Waals surface area contributed by atoms with Gasteiger partial charge in [-0.2, -0.15) is 4.98 Å². The fourth-order valence-corrected chi connectivity index (χ4v) is 2.84. The van der Waals surface area contributed by atoms with Crippen LogP contribution < -0.4 is 10.6 Å². The van der Waals surface area contributed by atoms with Gasteiger partial charge in [0.05, 0.1) is 11.0 Å². The van der Waals surface area contributed by atoms with E-state index >= 15 is 0 Å². The Kier molecular flexibility index (Phi) is 3.46. The number of aromatic amines is 1. The minimum absolute atomic E-state index is 0.0958. The third-order valence-corrected chi connectivity index (χ3v) is 3.99. The smallest absolute Gasteiger partial charge is 0.253 e. The number of hydrogen-bond donors (Lipinski definition) is 3. The van der Waals surface area contributed by atoms with Crippen LogP contribution in [0.15, 0.2) is 46.9 Å². The van der Waals surface area contributed by atoms with Crippen LogP contribution in [0.1, 0.15) is 6.92 Å². The van der Waals surface area contributed by atoms with E-state index in [1.807, 2.05) is 47.0 Å². The average molecular weight is 385 g/mol. The third-order valence-electron chi connectivity index (χ3n) is 3.50. The van der Waals surface area contributed by atoms with Crippen molar-refractivity contribution in [1.82, 2.24) is 19.6 Å². The molecule has 8 heteroatoms. The lowest BCUT2D eigenvalue weighted by Gasteiger charge is -2.05. The molecule has 4 aromatic rings. The number of carbonyl (C=O) groups is 1. The van der Waals surface area contributed by atoms with Crippen molar-refractivity contribution in [2.45, 2.75) is 6.92 Å². The van der Waals surface area contributed by atoms with Crippen molar-refractivity contribution in [2.24, 2.45) is 0 Å². The standard InChI is InChI=1S/C16H13BrN6O/c1-9(24)18-11-3-5-12(6-4-11)19-15-21-16-20-13-8-10(17)2-7-14(13)23(16)22-15/h2-8H,1H3,(H,18,24)(H2,19,20,21,22). The predicted octanol–water partition coefficient (Wildman–Crippen LogP) is 3.68. The van der Waals surface area contributed by atoms with Crippen molar-refractivity contribution in [3.8, 4) is 0 Å². The van der Waals surface area contributed by atoms with Crippen LogP contribution in [0.2, 0.25) is 0 Å². The number of imidazole rings is 1. The Morgan fingerprint density at radius 2 is 1.88 bits per heavy atom. The first kappa shape index (κ1) is 14.7. The minimum Gasteiger partial charge on any atom is -0.326 e. The fourth-order valence-electron chi connectivity index (χ4n) is 2.49. The summed E-state index contributed by atoms with van der Waals surface area (Å²) >= 11 is 3.44. The number of benzene rings is 2. The number of amides is 1. The van der Waals surface area contributed by atoms with Crippen molar-refractivity contribution < 1.29 is 4.79 Å². The van der Waals surface area contributed by atoms with Crippen molar-refractivity contribution >= 4 is 56.0 Å². The summed E-state index contributed by atoms with van der Waals surface area (Å²) in [6.07, 6.45) is 0. The largest absolute Gasteiger partial charge is 0.326 e. The molecule has 0 radical (unpaired) electrons. The Morgan fingerprint density at radius 1 is 1.12 bits per heavy atom.